The van der Waals surface area contributed by atoms with E-state index in [2.05, 4.69) is 29.4 Å². The van der Waals surface area contributed by atoms with Gasteiger partial charge in [-0.2, -0.15) is 0 Å². The van der Waals surface area contributed by atoms with Gasteiger partial charge in [0.2, 0.25) is 0 Å². The van der Waals surface area contributed by atoms with E-state index in [0.717, 1.165) is 22.9 Å². The first kappa shape index (κ1) is 10.5. The molecule has 0 saturated heterocycles. The van der Waals surface area contributed by atoms with Gasteiger partial charge in [-0.05, 0) is 37.3 Å². The number of hydrogen-bond acceptors (Lipinski definition) is 3. The minimum absolute atomic E-state index is 0.108. The molecule has 2 N–H and O–H groups in total. The van der Waals surface area contributed by atoms with Crippen molar-refractivity contribution in [3.8, 4) is 11.3 Å². The lowest BCUT2D eigenvalue weighted by Crippen LogP contribution is -2.02. The highest BCUT2D eigenvalue weighted by Gasteiger charge is 2.23. The van der Waals surface area contributed by atoms with Gasteiger partial charge < -0.3 is 10.3 Å². The molecule has 17 heavy (non-hydrogen) atoms. The van der Waals surface area contributed by atoms with E-state index in [9.17, 15) is 0 Å². The van der Waals surface area contributed by atoms with Crippen LogP contribution >= 0.6 is 0 Å². The molecule has 0 bridgehead atoms. The summed E-state index contributed by atoms with van der Waals surface area (Å²) in [7, 11) is 0. The Morgan fingerprint density at radius 3 is 2.82 bits per heavy atom. The Morgan fingerprint density at radius 2 is 2.18 bits per heavy atom. The van der Waals surface area contributed by atoms with Crippen molar-refractivity contribution in [3.63, 3.8) is 0 Å². The summed E-state index contributed by atoms with van der Waals surface area (Å²) >= 11 is 0. The number of aromatic nitrogens is 1. The van der Waals surface area contributed by atoms with Crippen LogP contribution in [0.1, 0.15) is 43.0 Å². The van der Waals surface area contributed by atoms with Crippen LogP contribution in [-0.2, 0) is 0 Å². The van der Waals surface area contributed by atoms with Gasteiger partial charge in [0.25, 0.3) is 0 Å². The molecule has 0 spiro atoms. The van der Waals surface area contributed by atoms with Gasteiger partial charge in [0.1, 0.15) is 5.69 Å². The van der Waals surface area contributed by atoms with E-state index < -0.39 is 0 Å². The first-order valence-electron chi connectivity index (χ1n) is 6.06. The Labute approximate surface area is 101 Å². The maximum atomic E-state index is 5.76. The Balaban J connectivity index is 1.93. The van der Waals surface area contributed by atoms with E-state index in [1.807, 2.05) is 13.0 Å². The van der Waals surface area contributed by atoms with E-state index in [1.54, 1.807) is 0 Å². The fraction of sp³-hybridized carbons (Fsp3) is 0.357. The van der Waals surface area contributed by atoms with Crippen LogP contribution in [-0.4, -0.2) is 5.16 Å². The van der Waals surface area contributed by atoms with Crippen molar-refractivity contribution in [2.45, 2.75) is 31.7 Å². The molecule has 3 rings (SSSR count). The monoisotopic (exact) mass is 228 g/mol. The molecule has 1 aromatic carbocycles. The SMILES string of the molecule is CC(N)c1cc(-c2cccc(C3CC3)c2)no1. The van der Waals surface area contributed by atoms with E-state index in [0.29, 0.717) is 0 Å². The zero-order chi connectivity index (χ0) is 11.8. The fourth-order valence-electron chi connectivity index (χ4n) is 2.01. The Hall–Kier alpha value is -1.61. The van der Waals surface area contributed by atoms with Gasteiger partial charge in [-0.15, -0.1) is 0 Å². The second kappa shape index (κ2) is 4.00. The first-order valence-corrected chi connectivity index (χ1v) is 6.06. The molecule has 1 unspecified atom stereocenters. The topological polar surface area (TPSA) is 52.0 Å². The van der Waals surface area contributed by atoms with Gasteiger partial charge in [0, 0.05) is 11.6 Å². The summed E-state index contributed by atoms with van der Waals surface area (Å²) in [5.74, 6) is 1.49. The molecule has 1 saturated carbocycles. The molecule has 2 aromatic rings. The second-order valence-electron chi connectivity index (χ2n) is 4.80. The summed E-state index contributed by atoms with van der Waals surface area (Å²) in [5, 5.41) is 4.07. The van der Waals surface area contributed by atoms with Crippen LogP contribution in [0.5, 0.6) is 0 Å². The molecule has 0 radical (unpaired) electrons. The molecule has 1 atom stereocenters. The second-order valence-corrected chi connectivity index (χ2v) is 4.80. The highest BCUT2D eigenvalue weighted by Crippen LogP contribution is 2.41. The maximum Gasteiger partial charge on any atom is 0.153 e. The summed E-state index contributed by atoms with van der Waals surface area (Å²) in [6.07, 6.45) is 2.63. The van der Waals surface area contributed by atoms with Gasteiger partial charge >= 0.3 is 0 Å². The van der Waals surface area contributed by atoms with Gasteiger partial charge in [-0.1, -0.05) is 23.4 Å². The van der Waals surface area contributed by atoms with Gasteiger partial charge in [-0.3, -0.25) is 0 Å². The summed E-state index contributed by atoms with van der Waals surface area (Å²) in [4.78, 5) is 0. The van der Waals surface area contributed by atoms with Gasteiger partial charge in [0.05, 0.1) is 6.04 Å². The Kier molecular flexibility index (Phi) is 2.48. The maximum absolute atomic E-state index is 5.76. The smallest absolute Gasteiger partial charge is 0.153 e. The lowest BCUT2D eigenvalue weighted by Gasteiger charge is -2.00. The minimum atomic E-state index is -0.108. The molecule has 0 aliphatic heterocycles. The number of nitrogens with two attached hydrogens (primary N) is 1. The van der Waals surface area contributed by atoms with Gasteiger partial charge in [0.15, 0.2) is 5.76 Å². The Morgan fingerprint density at radius 1 is 1.35 bits per heavy atom. The third-order valence-corrected chi connectivity index (χ3v) is 3.21. The lowest BCUT2D eigenvalue weighted by molar-refractivity contribution is 0.369. The average molecular weight is 228 g/mol. The van der Waals surface area contributed by atoms with Crippen molar-refractivity contribution >= 4 is 0 Å². The summed E-state index contributed by atoms with van der Waals surface area (Å²) in [5.41, 5.74) is 9.16. The normalized spacial score (nSPS) is 17.1. The zero-order valence-electron chi connectivity index (χ0n) is 9.89. The van der Waals surface area contributed by atoms with Crippen LogP contribution in [0.4, 0.5) is 0 Å². The van der Waals surface area contributed by atoms with Crippen molar-refractivity contribution in [3.05, 3.63) is 41.7 Å². The molecule has 3 nitrogen and oxygen atoms in total. The van der Waals surface area contributed by atoms with Crippen molar-refractivity contribution < 1.29 is 4.52 Å². The first-order chi connectivity index (χ1) is 8.24. The average Bonchev–Trinajstić information content (AvgIpc) is 3.06. The predicted octanol–water partition coefficient (Wildman–Crippen LogP) is 3.24. The van der Waals surface area contributed by atoms with Gasteiger partial charge in [-0.25, -0.2) is 0 Å². The van der Waals surface area contributed by atoms with Crippen LogP contribution < -0.4 is 5.73 Å². The molecule has 0 amide bonds. The molecule has 3 heteroatoms. The Bertz CT molecular complexity index is 527. The van der Waals surface area contributed by atoms with Crippen LogP contribution in [0.15, 0.2) is 34.9 Å². The van der Waals surface area contributed by atoms with Crippen molar-refractivity contribution in [2.75, 3.05) is 0 Å². The molecule has 1 heterocycles. The number of hydrogen-bond donors (Lipinski definition) is 1. The quantitative estimate of drug-likeness (QED) is 0.877. The zero-order valence-corrected chi connectivity index (χ0v) is 9.89. The molecule has 1 aromatic heterocycles. The standard InChI is InChI=1S/C14H16N2O/c1-9(15)14-8-13(16-17-14)12-4-2-3-11(7-12)10-5-6-10/h2-4,7-10H,5-6,15H2,1H3. The summed E-state index contributed by atoms with van der Waals surface area (Å²) < 4.78 is 5.22. The number of benzene rings is 1. The molecular weight excluding hydrogens is 212 g/mol. The summed E-state index contributed by atoms with van der Waals surface area (Å²) in [6, 6.07) is 10.4. The molecular formula is C14H16N2O. The fourth-order valence-corrected chi connectivity index (χ4v) is 2.01. The highest BCUT2D eigenvalue weighted by molar-refractivity contribution is 5.60. The van der Waals surface area contributed by atoms with E-state index in [1.165, 1.54) is 18.4 Å². The van der Waals surface area contributed by atoms with Crippen molar-refractivity contribution in [2.24, 2.45) is 5.73 Å². The van der Waals surface area contributed by atoms with Crippen LogP contribution in [0.2, 0.25) is 0 Å². The van der Waals surface area contributed by atoms with Crippen LogP contribution in [0.25, 0.3) is 11.3 Å². The largest absolute Gasteiger partial charge is 0.359 e. The lowest BCUT2D eigenvalue weighted by atomic mass is 10.0. The highest BCUT2D eigenvalue weighted by atomic mass is 16.5. The van der Waals surface area contributed by atoms with Crippen LogP contribution in [0.3, 0.4) is 0 Å². The number of nitrogens with zero attached hydrogens (tertiary/aromatic N) is 1. The van der Waals surface area contributed by atoms with Crippen molar-refractivity contribution in [1.82, 2.24) is 5.16 Å². The molecule has 1 fully saturated rings. The molecule has 1 aliphatic carbocycles. The predicted molar refractivity (Wildman–Crippen MR) is 66.5 cm³/mol. The minimum Gasteiger partial charge on any atom is -0.359 e. The summed E-state index contributed by atoms with van der Waals surface area (Å²) in [6.45, 7) is 1.89. The molecule has 1 aliphatic rings. The van der Waals surface area contributed by atoms with E-state index in [4.69, 9.17) is 10.3 Å². The number of rotatable bonds is 3. The van der Waals surface area contributed by atoms with Crippen molar-refractivity contribution in [1.29, 1.82) is 0 Å². The van der Waals surface area contributed by atoms with Crippen LogP contribution in [0, 0.1) is 0 Å². The third kappa shape index (κ3) is 2.11. The third-order valence-electron chi connectivity index (χ3n) is 3.21. The van der Waals surface area contributed by atoms with E-state index in [-0.39, 0.29) is 6.04 Å². The van der Waals surface area contributed by atoms with E-state index >= 15 is 0 Å². The molecule has 88 valence electrons.